The zero-order chi connectivity index (χ0) is 11.5. The Morgan fingerprint density at radius 1 is 1.60 bits per heavy atom. The molecule has 2 N–H and O–H groups in total. The molecule has 1 aliphatic heterocycles. The number of amides is 1. The van der Waals surface area contributed by atoms with Crippen LogP contribution < -0.4 is 5.32 Å². The summed E-state index contributed by atoms with van der Waals surface area (Å²) in [5.41, 5.74) is -0.692. The van der Waals surface area contributed by atoms with E-state index in [0.717, 1.165) is 12.8 Å². The maximum absolute atomic E-state index is 11.9. The lowest BCUT2D eigenvalue weighted by Gasteiger charge is -2.27. The molecule has 1 fully saturated rings. The summed E-state index contributed by atoms with van der Waals surface area (Å²) in [6.45, 7) is 6.37. The number of nitrogens with one attached hydrogen (secondary N) is 1. The molecule has 4 nitrogen and oxygen atoms in total. The lowest BCUT2D eigenvalue weighted by atomic mass is 9.99. The van der Waals surface area contributed by atoms with E-state index in [2.05, 4.69) is 5.32 Å². The number of carbonyl (C=O) groups is 1. The van der Waals surface area contributed by atoms with Gasteiger partial charge in [0.25, 0.3) is 5.91 Å². The van der Waals surface area contributed by atoms with Gasteiger partial charge >= 0.3 is 0 Å². The van der Waals surface area contributed by atoms with Crippen LogP contribution in [-0.2, 0) is 9.53 Å². The first kappa shape index (κ1) is 12.5. The molecule has 0 spiro atoms. The number of ether oxygens (including phenoxy) is 1. The van der Waals surface area contributed by atoms with Gasteiger partial charge in [0.15, 0.2) is 0 Å². The van der Waals surface area contributed by atoms with Crippen molar-refractivity contribution < 1.29 is 14.6 Å². The van der Waals surface area contributed by atoms with Gasteiger partial charge in [-0.2, -0.15) is 0 Å². The summed E-state index contributed by atoms with van der Waals surface area (Å²) >= 11 is 0. The van der Waals surface area contributed by atoms with E-state index in [-0.39, 0.29) is 24.5 Å². The molecule has 15 heavy (non-hydrogen) atoms. The molecule has 0 aromatic heterocycles. The van der Waals surface area contributed by atoms with Gasteiger partial charge in [-0.05, 0) is 25.7 Å². The summed E-state index contributed by atoms with van der Waals surface area (Å²) in [4.78, 5) is 11.9. The van der Waals surface area contributed by atoms with Crippen LogP contribution >= 0.6 is 0 Å². The first-order valence-corrected chi connectivity index (χ1v) is 5.55. The predicted octanol–water partition coefficient (Wildman–Crippen LogP) is 0.689. The Kier molecular flexibility index (Phi) is 4.11. The molecule has 2 unspecified atom stereocenters. The van der Waals surface area contributed by atoms with Crippen LogP contribution in [0.1, 0.15) is 33.6 Å². The van der Waals surface area contributed by atoms with Crippen molar-refractivity contribution in [1.29, 1.82) is 0 Å². The Morgan fingerprint density at radius 3 is 2.67 bits per heavy atom. The molecule has 0 aliphatic carbocycles. The van der Waals surface area contributed by atoms with E-state index in [4.69, 9.17) is 9.84 Å². The van der Waals surface area contributed by atoms with Crippen LogP contribution in [0, 0.1) is 5.92 Å². The highest BCUT2D eigenvalue weighted by Gasteiger charge is 2.38. The third-order valence-corrected chi connectivity index (χ3v) is 3.02. The van der Waals surface area contributed by atoms with Crippen molar-refractivity contribution in [3.8, 4) is 0 Å². The van der Waals surface area contributed by atoms with Crippen LogP contribution in [0.5, 0.6) is 0 Å². The number of carbonyl (C=O) groups excluding carboxylic acids is 1. The fourth-order valence-corrected chi connectivity index (χ4v) is 1.70. The minimum atomic E-state index is -0.692. The maximum Gasteiger partial charge on any atom is 0.252 e. The lowest BCUT2D eigenvalue weighted by Crippen LogP contribution is -2.50. The molecule has 4 heteroatoms. The molecule has 0 bridgehead atoms. The van der Waals surface area contributed by atoms with Gasteiger partial charge in [-0.3, -0.25) is 4.79 Å². The molecule has 88 valence electrons. The normalized spacial score (nSPS) is 28.1. The van der Waals surface area contributed by atoms with Crippen LogP contribution in [-0.4, -0.2) is 35.9 Å². The topological polar surface area (TPSA) is 58.6 Å². The summed E-state index contributed by atoms with van der Waals surface area (Å²) in [5, 5.41) is 12.0. The Morgan fingerprint density at radius 2 is 2.27 bits per heavy atom. The monoisotopic (exact) mass is 215 g/mol. The SMILES string of the molecule is CC(C)C(CO)NC(=O)C1(C)CCCO1. The zero-order valence-electron chi connectivity index (χ0n) is 9.75. The quantitative estimate of drug-likeness (QED) is 0.725. The molecular weight excluding hydrogens is 194 g/mol. The van der Waals surface area contributed by atoms with Crippen molar-refractivity contribution in [2.45, 2.75) is 45.3 Å². The minimum absolute atomic E-state index is 0.0283. The number of aliphatic hydroxyl groups excluding tert-OH is 1. The van der Waals surface area contributed by atoms with E-state index >= 15 is 0 Å². The second-order valence-corrected chi connectivity index (χ2v) is 4.69. The van der Waals surface area contributed by atoms with Crippen LogP contribution in [0.25, 0.3) is 0 Å². The average Bonchev–Trinajstić information content (AvgIpc) is 2.61. The molecule has 0 radical (unpaired) electrons. The highest BCUT2D eigenvalue weighted by molar-refractivity contribution is 5.85. The van der Waals surface area contributed by atoms with Crippen LogP contribution in [0.3, 0.4) is 0 Å². The van der Waals surface area contributed by atoms with E-state index in [9.17, 15) is 4.79 Å². The molecule has 2 atom stereocenters. The van der Waals surface area contributed by atoms with E-state index in [1.807, 2.05) is 20.8 Å². The summed E-state index contributed by atoms with van der Waals surface area (Å²) < 4.78 is 5.43. The van der Waals surface area contributed by atoms with E-state index in [1.54, 1.807) is 0 Å². The highest BCUT2D eigenvalue weighted by Crippen LogP contribution is 2.25. The minimum Gasteiger partial charge on any atom is -0.394 e. The van der Waals surface area contributed by atoms with Gasteiger partial charge < -0.3 is 15.2 Å². The molecule has 1 amide bonds. The van der Waals surface area contributed by atoms with Crippen molar-refractivity contribution >= 4 is 5.91 Å². The van der Waals surface area contributed by atoms with Crippen LogP contribution in [0.2, 0.25) is 0 Å². The Bertz CT molecular complexity index is 222. The molecule has 0 saturated carbocycles. The largest absolute Gasteiger partial charge is 0.394 e. The van der Waals surface area contributed by atoms with Gasteiger partial charge in [0.2, 0.25) is 0 Å². The molecule has 1 saturated heterocycles. The van der Waals surface area contributed by atoms with E-state index in [1.165, 1.54) is 0 Å². The summed E-state index contributed by atoms with van der Waals surface area (Å²) in [5.74, 6) is 0.122. The fourth-order valence-electron chi connectivity index (χ4n) is 1.70. The Hall–Kier alpha value is -0.610. The van der Waals surface area contributed by atoms with Gasteiger partial charge in [-0.25, -0.2) is 0 Å². The van der Waals surface area contributed by atoms with Crippen molar-refractivity contribution in [3.05, 3.63) is 0 Å². The number of rotatable bonds is 4. The zero-order valence-corrected chi connectivity index (χ0v) is 9.75. The highest BCUT2D eigenvalue weighted by atomic mass is 16.5. The molecule has 1 aliphatic rings. The average molecular weight is 215 g/mol. The van der Waals surface area contributed by atoms with Crippen molar-refractivity contribution in [2.75, 3.05) is 13.2 Å². The van der Waals surface area contributed by atoms with Crippen molar-refractivity contribution in [3.63, 3.8) is 0 Å². The first-order valence-electron chi connectivity index (χ1n) is 5.55. The third-order valence-electron chi connectivity index (χ3n) is 3.02. The summed E-state index contributed by atoms with van der Waals surface area (Å²) in [6.07, 6.45) is 1.68. The fraction of sp³-hybridized carbons (Fsp3) is 0.909. The van der Waals surface area contributed by atoms with Gasteiger partial charge in [0.1, 0.15) is 5.60 Å². The van der Waals surface area contributed by atoms with Gasteiger partial charge in [0.05, 0.1) is 12.6 Å². The first-order chi connectivity index (χ1) is 6.99. The summed E-state index contributed by atoms with van der Waals surface area (Å²) in [6, 6.07) is -0.182. The number of aliphatic hydroxyl groups is 1. The molecule has 0 aromatic rings. The number of hydrogen-bond donors (Lipinski definition) is 2. The van der Waals surface area contributed by atoms with Gasteiger partial charge in [-0.15, -0.1) is 0 Å². The standard InChI is InChI=1S/C11H21NO3/c1-8(2)9(7-13)12-10(14)11(3)5-4-6-15-11/h8-9,13H,4-7H2,1-3H3,(H,12,14). The van der Waals surface area contributed by atoms with Crippen molar-refractivity contribution in [2.24, 2.45) is 5.92 Å². The molecule has 0 aromatic carbocycles. The second kappa shape index (κ2) is 4.94. The summed E-state index contributed by atoms with van der Waals surface area (Å²) in [7, 11) is 0. The number of hydrogen-bond acceptors (Lipinski definition) is 3. The molecule has 1 rings (SSSR count). The van der Waals surface area contributed by atoms with Gasteiger partial charge in [-0.1, -0.05) is 13.8 Å². The Balaban J connectivity index is 2.53. The van der Waals surface area contributed by atoms with Crippen LogP contribution in [0.4, 0.5) is 0 Å². The Labute approximate surface area is 91.0 Å². The molecule has 1 heterocycles. The lowest BCUT2D eigenvalue weighted by molar-refractivity contribution is -0.141. The smallest absolute Gasteiger partial charge is 0.252 e. The molecular formula is C11H21NO3. The van der Waals surface area contributed by atoms with Crippen LogP contribution in [0.15, 0.2) is 0 Å². The van der Waals surface area contributed by atoms with E-state index < -0.39 is 5.60 Å². The van der Waals surface area contributed by atoms with Gasteiger partial charge in [0, 0.05) is 6.61 Å². The van der Waals surface area contributed by atoms with Crippen molar-refractivity contribution in [1.82, 2.24) is 5.32 Å². The predicted molar refractivity (Wildman–Crippen MR) is 57.4 cm³/mol. The third kappa shape index (κ3) is 2.92. The second-order valence-electron chi connectivity index (χ2n) is 4.69. The maximum atomic E-state index is 11.9. The van der Waals surface area contributed by atoms with E-state index in [0.29, 0.717) is 6.61 Å².